The van der Waals surface area contributed by atoms with Crippen LogP contribution in [0.15, 0.2) is 25.3 Å². The number of carbonyl (C=O) groups is 1. The quantitative estimate of drug-likeness (QED) is 0.302. The average Bonchev–Trinajstić information content (AvgIpc) is 2.15. The van der Waals surface area contributed by atoms with E-state index in [2.05, 4.69) is 62.4 Å². The van der Waals surface area contributed by atoms with Gasteiger partial charge in [-0.2, -0.15) is 0 Å². The lowest BCUT2D eigenvalue weighted by molar-refractivity contribution is -0.117. The molecule has 1 N–H and O–H groups in total. The molecule has 4 nitrogen and oxygen atoms in total. The molecular formula is C8H12Br2NO3PS. The van der Waals surface area contributed by atoms with E-state index >= 15 is 0 Å². The number of alkyl halides is 2. The van der Waals surface area contributed by atoms with E-state index in [1.54, 1.807) is 6.08 Å². The topological polar surface area (TPSA) is 55.4 Å². The third-order valence-electron chi connectivity index (χ3n) is 1.39. The highest BCUT2D eigenvalue weighted by molar-refractivity contribution is 9.25. The SMILES string of the molecule is C=CC[C@@H](C=C)OP(=O)(S)NC(=O)C(Br)Br. The van der Waals surface area contributed by atoms with Gasteiger partial charge in [-0.25, -0.2) is 0 Å². The zero-order valence-electron chi connectivity index (χ0n) is 8.31. The van der Waals surface area contributed by atoms with E-state index < -0.39 is 22.5 Å². The predicted molar refractivity (Wildman–Crippen MR) is 76.3 cm³/mol. The van der Waals surface area contributed by atoms with Crippen molar-refractivity contribution in [1.29, 1.82) is 0 Å². The second-order valence-corrected chi connectivity index (χ2v) is 8.82. The lowest BCUT2D eigenvalue weighted by Crippen LogP contribution is -2.25. The zero-order chi connectivity index (χ0) is 12.8. The van der Waals surface area contributed by atoms with Crippen LogP contribution in [-0.4, -0.2) is 15.7 Å². The largest absolute Gasteiger partial charge is 0.350 e. The molecule has 0 heterocycles. The summed E-state index contributed by atoms with van der Waals surface area (Å²) in [5.74, 6) is -0.528. The molecule has 0 aromatic heterocycles. The molecule has 0 aliphatic heterocycles. The van der Waals surface area contributed by atoms with Gasteiger partial charge in [-0.1, -0.05) is 56.3 Å². The number of hydrogen-bond donors (Lipinski definition) is 2. The zero-order valence-corrected chi connectivity index (χ0v) is 13.3. The Morgan fingerprint density at radius 3 is 2.50 bits per heavy atom. The van der Waals surface area contributed by atoms with Crippen LogP contribution in [-0.2, 0) is 13.9 Å². The van der Waals surface area contributed by atoms with Crippen molar-refractivity contribution in [1.82, 2.24) is 5.09 Å². The van der Waals surface area contributed by atoms with Crippen LogP contribution in [0.5, 0.6) is 0 Å². The van der Waals surface area contributed by atoms with Gasteiger partial charge in [0.1, 0.15) is 3.74 Å². The Balaban J connectivity index is 4.43. The molecule has 0 saturated carbocycles. The summed E-state index contributed by atoms with van der Waals surface area (Å²) in [6, 6.07) is 0. The summed E-state index contributed by atoms with van der Waals surface area (Å²) in [5, 5.41) is 2.16. The van der Waals surface area contributed by atoms with Crippen LogP contribution in [0.1, 0.15) is 6.42 Å². The fourth-order valence-electron chi connectivity index (χ4n) is 0.744. The molecule has 0 fully saturated rings. The molecule has 0 aromatic rings. The van der Waals surface area contributed by atoms with E-state index in [4.69, 9.17) is 4.52 Å². The van der Waals surface area contributed by atoms with Crippen molar-refractivity contribution in [2.45, 2.75) is 16.3 Å². The van der Waals surface area contributed by atoms with Gasteiger partial charge in [0.25, 0.3) is 5.91 Å². The van der Waals surface area contributed by atoms with Crippen LogP contribution in [0.3, 0.4) is 0 Å². The maximum atomic E-state index is 11.8. The van der Waals surface area contributed by atoms with Crippen LogP contribution in [0, 0.1) is 0 Å². The number of thiol groups is 1. The van der Waals surface area contributed by atoms with Gasteiger partial charge in [0.2, 0.25) is 0 Å². The summed E-state index contributed by atoms with van der Waals surface area (Å²) < 4.78 is 16.2. The minimum absolute atomic E-state index is 0.440. The van der Waals surface area contributed by atoms with Crippen molar-refractivity contribution in [2.24, 2.45) is 0 Å². The third-order valence-corrected chi connectivity index (χ3v) is 3.86. The number of hydrogen-bond acceptors (Lipinski definition) is 3. The van der Waals surface area contributed by atoms with E-state index in [9.17, 15) is 9.36 Å². The molecule has 0 saturated heterocycles. The summed E-state index contributed by atoms with van der Waals surface area (Å²) in [6.07, 6.45) is 3.01. The minimum Gasteiger partial charge on any atom is -0.298 e. The number of amides is 1. The van der Waals surface area contributed by atoms with Crippen molar-refractivity contribution in [3.63, 3.8) is 0 Å². The number of halogens is 2. The highest BCUT2D eigenvalue weighted by atomic mass is 79.9. The summed E-state index contributed by atoms with van der Waals surface area (Å²) in [6.45, 7) is 3.55. The molecule has 0 aromatic carbocycles. The average molecular weight is 393 g/mol. The van der Waals surface area contributed by atoms with Crippen molar-refractivity contribution in [2.75, 3.05) is 0 Å². The molecule has 1 unspecified atom stereocenters. The molecule has 0 aliphatic rings. The first-order valence-corrected chi connectivity index (χ1v) is 8.78. The van der Waals surface area contributed by atoms with Crippen molar-refractivity contribution >= 4 is 56.7 Å². The van der Waals surface area contributed by atoms with E-state index in [1.807, 2.05) is 0 Å². The number of carbonyl (C=O) groups excluding carboxylic acids is 1. The second kappa shape index (κ2) is 7.71. The van der Waals surface area contributed by atoms with E-state index in [1.165, 1.54) is 6.08 Å². The Morgan fingerprint density at radius 2 is 2.12 bits per heavy atom. The van der Waals surface area contributed by atoms with Gasteiger partial charge in [0, 0.05) is 0 Å². The molecule has 92 valence electrons. The first kappa shape index (κ1) is 16.4. The maximum absolute atomic E-state index is 11.8. The summed E-state index contributed by atoms with van der Waals surface area (Å²) >= 11 is 9.71. The highest BCUT2D eigenvalue weighted by Crippen LogP contribution is 2.49. The van der Waals surface area contributed by atoms with Crippen LogP contribution in [0.2, 0.25) is 0 Å². The van der Waals surface area contributed by atoms with Gasteiger partial charge >= 0.3 is 6.72 Å². The molecule has 0 rings (SSSR count). The molecular weight excluding hydrogens is 381 g/mol. The second-order valence-electron chi connectivity index (χ2n) is 2.70. The normalized spacial score (nSPS) is 16.2. The van der Waals surface area contributed by atoms with Gasteiger partial charge in [0.05, 0.1) is 6.10 Å². The van der Waals surface area contributed by atoms with E-state index in [0.717, 1.165) is 0 Å². The Hall–Kier alpha value is 0.450. The summed E-state index contributed by atoms with van der Waals surface area (Å²) in [5.41, 5.74) is 0. The molecule has 2 atom stereocenters. The van der Waals surface area contributed by atoms with Crippen molar-refractivity contribution in [3.8, 4) is 0 Å². The number of rotatable bonds is 7. The third kappa shape index (κ3) is 6.91. The van der Waals surface area contributed by atoms with Gasteiger partial charge in [-0.3, -0.25) is 19.0 Å². The molecule has 0 spiro atoms. The van der Waals surface area contributed by atoms with Crippen molar-refractivity contribution in [3.05, 3.63) is 25.3 Å². The Bertz CT molecular complexity index is 324. The molecule has 0 radical (unpaired) electrons. The lowest BCUT2D eigenvalue weighted by Gasteiger charge is -2.19. The molecule has 0 aliphatic carbocycles. The van der Waals surface area contributed by atoms with Crippen molar-refractivity contribution < 1.29 is 13.9 Å². The molecule has 0 bridgehead atoms. The highest BCUT2D eigenvalue weighted by Gasteiger charge is 2.26. The first-order valence-electron chi connectivity index (χ1n) is 4.17. The minimum atomic E-state index is -3.49. The van der Waals surface area contributed by atoms with Gasteiger partial charge in [-0.15, -0.1) is 13.2 Å². The standard InChI is InChI=1S/C8H12Br2NO3PS/c1-3-5-6(4-2)14-15(13,16)11-8(12)7(9)10/h3-4,6-7H,1-2,5H2,(H2,11,12,13,16)/t6-,15?/m1/s1. The molecule has 1 amide bonds. The fourth-order valence-corrected chi connectivity index (χ4v) is 2.99. The van der Waals surface area contributed by atoms with Gasteiger partial charge in [-0.05, 0) is 6.42 Å². The molecule has 16 heavy (non-hydrogen) atoms. The van der Waals surface area contributed by atoms with Gasteiger partial charge < -0.3 is 0 Å². The predicted octanol–water partition coefficient (Wildman–Crippen LogP) is 3.40. The Morgan fingerprint density at radius 1 is 1.56 bits per heavy atom. The van der Waals surface area contributed by atoms with E-state index in [-0.39, 0.29) is 0 Å². The summed E-state index contributed by atoms with van der Waals surface area (Å²) in [4.78, 5) is 11.2. The van der Waals surface area contributed by atoms with Crippen LogP contribution in [0.25, 0.3) is 0 Å². The fraction of sp³-hybridized carbons (Fsp3) is 0.375. The Labute approximate surface area is 117 Å². The monoisotopic (exact) mass is 391 g/mol. The smallest absolute Gasteiger partial charge is 0.298 e. The van der Waals surface area contributed by atoms with E-state index in [0.29, 0.717) is 6.42 Å². The first-order chi connectivity index (χ1) is 7.32. The van der Waals surface area contributed by atoms with Gasteiger partial charge in [0.15, 0.2) is 0 Å². The van der Waals surface area contributed by atoms with Crippen LogP contribution < -0.4 is 5.09 Å². The molecule has 8 heteroatoms. The Kier molecular flexibility index (Phi) is 7.93. The maximum Gasteiger partial charge on any atom is 0.350 e. The van der Waals surface area contributed by atoms with Crippen LogP contribution in [0.4, 0.5) is 0 Å². The lowest BCUT2D eigenvalue weighted by atomic mass is 10.2. The van der Waals surface area contributed by atoms with Crippen LogP contribution >= 0.6 is 50.8 Å². The number of nitrogens with one attached hydrogen (secondary N) is 1. The summed E-state index contributed by atoms with van der Waals surface area (Å²) in [7, 11) is 0.